The molecule has 0 aliphatic heterocycles. The summed E-state index contributed by atoms with van der Waals surface area (Å²) in [6.45, 7) is 1.84. The van der Waals surface area contributed by atoms with Gasteiger partial charge in [0.1, 0.15) is 5.75 Å². The average Bonchev–Trinajstić information content (AvgIpc) is 2.44. The Kier molecular flexibility index (Phi) is 5.55. The van der Waals surface area contributed by atoms with Gasteiger partial charge in [-0.05, 0) is 31.2 Å². The second-order valence-corrected chi connectivity index (χ2v) is 3.79. The van der Waals surface area contributed by atoms with Crippen LogP contribution in [-0.4, -0.2) is 25.5 Å². The predicted octanol–water partition coefficient (Wildman–Crippen LogP) is 1.97. The van der Waals surface area contributed by atoms with Gasteiger partial charge in [0.15, 0.2) is 11.7 Å². The van der Waals surface area contributed by atoms with Gasteiger partial charge in [0.05, 0.1) is 19.8 Å². The molecule has 0 aliphatic rings. The molecule has 0 N–H and O–H groups in total. The van der Waals surface area contributed by atoms with Crippen LogP contribution in [0.5, 0.6) is 5.75 Å². The maximum atomic E-state index is 11.9. The molecule has 0 aliphatic carbocycles. The van der Waals surface area contributed by atoms with Crippen molar-refractivity contribution in [2.75, 3.05) is 13.7 Å². The van der Waals surface area contributed by atoms with Crippen molar-refractivity contribution in [3.05, 3.63) is 29.8 Å². The van der Waals surface area contributed by atoms with Crippen LogP contribution in [0.3, 0.4) is 0 Å². The lowest BCUT2D eigenvalue weighted by atomic mass is 9.99. The van der Waals surface area contributed by atoms with Gasteiger partial charge in [-0.3, -0.25) is 9.59 Å². The van der Waals surface area contributed by atoms with Gasteiger partial charge in [-0.15, -0.1) is 0 Å². The second kappa shape index (κ2) is 7.17. The van der Waals surface area contributed by atoms with Crippen molar-refractivity contribution < 1.29 is 19.1 Å². The molecule has 5 heteroatoms. The van der Waals surface area contributed by atoms with E-state index in [1.807, 2.05) is 0 Å². The van der Waals surface area contributed by atoms with E-state index in [1.165, 1.54) is 7.11 Å². The lowest BCUT2D eigenvalue weighted by Crippen LogP contribution is -2.19. The van der Waals surface area contributed by atoms with Crippen LogP contribution in [0, 0.1) is 17.2 Å². The van der Waals surface area contributed by atoms with E-state index < -0.39 is 11.9 Å². The van der Waals surface area contributed by atoms with Crippen molar-refractivity contribution in [3.8, 4) is 11.8 Å². The van der Waals surface area contributed by atoms with E-state index in [4.69, 9.17) is 14.7 Å². The molecule has 0 amide bonds. The molecule has 1 rings (SSSR count). The predicted molar refractivity (Wildman–Crippen MR) is 67.7 cm³/mol. The Hall–Kier alpha value is -2.35. The van der Waals surface area contributed by atoms with Crippen molar-refractivity contribution in [1.82, 2.24) is 0 Å². The second-order valence-electron chi connectivity index (χ2n) is 3.79. The molecule has 0 saturated heterocycles. The summed E-state index contributed by atoms with van der Waals surface area (Å²) >= 11 is 0. The minimum absolute atomic E-state index is 0.179. The van der Waals surface area contributed by atoms with Crippen LogP contribution < -0.4 is 4.74 Å². The first-order chi connectivity index (χ1) is 9.12. The largest absolute Gasteiger partial charge is 0.497 e. The zero-order valence-electron chi connectivity index (χ0n) is 10.9. The van der Waals surface area contributed by atoms with Gasteiger partial charge in [-0.2, -0.15) is 5.26 Å². The number of carbonyl (C=O) groups is 2. The van der Waals surface area contributed by atoms with Crippen molar-refractivity contribution in [2.45, 2.75) is 13.3 Å². The summed E-state index contributed by atoms with van der Waals surface area (Å²) in [5.41, 5.74) is 0.436. The van der Waals surface area contributed by atoms with Gasteiger partial charge in [-0.25, -0.2) is 0 Å². The molecular weight excluding hydrogens is 246 g/mol. The fourth-order valence-corrected chi connectivity index (χ4v) is 1.50. The van der Waals surface area contributed by atoms with Crippen molar-refractivity contribution >= 4 is 11.8 Å². The molecule has 100 valence electrons. The molecule has 0 spiro atoms. The summed E-state index contributed by atoms with van der Waals surface area (Å²) in [4.78, 5) is 23.3. The Labute approximate surface area is 111 Å². The number of hydrogen-bond acceptors (Lipinski definition) is 5. The Morgan fingerprint density at radius 1 is 1.32 bits per heavy atom. The van der Waals surface area contributed by atoms with E-state index in [0.717, 1.165) is 0 Å². The number of Topliss-reactive ketones (excluding diaryl/α,β-unsaturated/α-hetero) is 1. The molecule has 0 unspecified atom stereocenters. The number of rotatable bonds is 6. The molecule has 0 aromatic heterocycles. The lowest BCUT2D eigenvalue weighted by Gasteiger charge is -2.08. The van der Waals surface area contributed by atoms with E-state index in [-0.39, 0.29) is 18.8 Å². The summed E-state index contributed by atoms with van der Waals surface area (Å²) in [7, 11) is 1.53. The van der Waals surface area contributed by atoms with Gasteiger partial charge in [0.25, 0.3) is 0 Å². The smallest absolute Gasteiger partial charge is 0.323 e. The zero-order chi connectivity index (χ0) is 14.3. The van der Waals surface area contributed by atoms with Gasteiger partial charge in [0, 0.05) is 12.0 Å². The number of ketones is 1. The first-order valence-electron chi connectivity index (χ1n) is 5.85. The maximum absolute atomic E-state index is 11.9. The van der Waals surface area contributed by atoms with Crippen LogP contribution in [0.1, 0.15) is 23.7 Å². The molecule has 1 aromatic carbocycles. The SMILES string of the molecule is CCOC(=O)[C@H](C#N)CC(=O)c1ccc(OC)cc1. The molecule has 0 fully saturated rings. The highest BCUT2D eigenvalue weighted by molar-refractivity contribution is 5.98. The number of benzene rings is 1. The lowest BCUT2D eigenvalue weighted by molar-refractivity contribution is -0.145. The molecular formula is C14H15NO4. The first kappa shape index (κ1) is 14.7. The van der Waals surface area contributed by atoms with Crippen molar-refractivity contribution in [2.24, 2.45) is 5.92 Å². The van der Waals surface area contributed by atoms with E-state index in [9.17, 15) is 9.59 Å². The van der Waals surface area contributed by atoms with Gasteiger partial charge >= 0.3 is 5.97 Å². The third kappa shape index (κ3) is 4.11. The topological polar surface area (TPSA) is 76.4 Å². The zero-order valence-corrected chi connectivity index (χ0v) is 10.9. The molecule has 0 bridgehead atoms. The highest BCUT2D eigenvalue weighted by Gasteiger charge is 2.23. The number of ether oxygens (including phenoxy) is 2. The normalized spacial score (nSPS) is 11.2. The minimum atomic E-state index is -1.06. The van der Waals surface area contributed by atoms with Gasteiger partial charge in [0.2, 0.25) is 0 Å². The van der Waals surface area contributed by atoms with E-state index in [1.54, 1.807) is 37.3 Å². The highest BCUT2D eigenvalue weighted by Crippen LogP contribution is 2.15. The molecule has 0 radical (unpaired) electrons. The fraction of sp³-hybridized carbons (Fsp3) is 0.357. The van der Waals surface area contributed by atoms with Crippen molar-refractivity contribution in [3.63, 3.8) is 0 Å². The number of hydrogen-bond donors (Lipinski definition) is 0. The number of nitriles is 1. The van der Waals surface area contributed by atoms with Gasteiger partial charge in [-0.1, -0.05) is 0 Å². The Morgan fingerprint density at radius 2 is 1.95 bits per heavy atom. The van der Waals surface area contributed by atoms with E-state index >= 15 is 0 Å². The number of esters is 1. The summed E-state index contributed by atoms with van der Waals surface area (Å²) < 4.78 is 9.72. The third-order valence-electron chi connectivity index (χ3n) is 2.53. The average molecular weight is 261 g/mol. The molecule has 5 nitrogen and oxygen atoms in total. The van der Waals surface area contributed by atoms with E-state index in [2.05, 4.69) is 0 Å². The third-order valence-corrected chi connectivity index (χ3v) is 2.53. The molecule has 0 saturated carbocycles. The molecule has 0 heterocycles. The van der Waals surface area contributed by atoms with Crippen LogP contribution >= 0.6 is 0 Å². The summed E-state index contributed by atoms with van der Waals surface area (Å²) in [5.74, 6) is -1.36. The monoisotopic (exact) mass is 261 g/mol. The van der Waals surface area contributed by atoms with Crippen LogP contribution in [0.4, 0.5) is 0 Å². The molecule has 19 heavy (non-hydrogen) atoms. The Balaban J connectivity index is 2.72. The Bertz CT molecular complexity index is 487. The summed E-state index contributed by atoms with van der Waals surface area (Å²) in [6.07, 6.45) is -0.179. The van der Waals surface area contributed by atoms with Gasteiger partial charge < -0.3 is 9.47 Å². The maximum Gasteiger partial charge on any atom is 0.323 e. The standard InChI is InChI=1S/C14H15NO4/c1-3-19-14(17)11(9-15)8-13(16)10-4-6-12(18-2)7-5-10/h4-7,11H,3,8H2,1-2H3/t11-/m0/s1. The van der Waals surface area contributed by atoms with Crippen LogP contribution in [0.2, 0.25) is 0 Å². The minimum Gasteiger partial charge on any atom is -0.497 e. The van der Waals surface area contributed by atoms with Crippen LogP contribution in [0.25, 0.3) is 0 Å². The first-order valence-corrected chi connectivity index (χ1v) is 5.85. The fourth-order valence-electron chi connectivity index (χ4n) is 1.50. The molecule has 1 aromatic rings. The highest BCUT2D eigenvalue weighted by atomic mass is 16.5. The van der Waals surface area contributed by atoms with Crippen LogP contribution in [0.15, 0.2) is 24.3 Å². The number of nitrogens with zero attached hydrogens (tertiary/aromatic N) is 1. The summed E-state index contributed by atoms with van der Waals surface area (Å²) in [6, 6.07) is 8.29. The number of carbonyl (C=O) groups excluding carboxylic acids is 2. The van der Waals surface area contributed by atoms with Crippen LogP contribution in [-0.2, 0) is 9.53 Å². The van der Waals surface area contributed by atoms with Crippen molar-refractivity contribution in [1.29, 1.82) is 5.26 Å². The van der Waals surface area contributed by atoms with E-state index in [0.29, 0.717) is 11.3 Å². The quantitative estimate of drug-likeness (QED) is 0.578. The number of methoxy groups -OCH3 is 1. The molecule has 1 atom stereocenters. The summed E-state index contributed by atoms with van der Waals surface area (Å²) in [5, 5.41) is 8.88. The Morgan fingerprint density at radius 3 is 2.42 bits per heavy atom.